The Kier molecular flexibility index (Phi) is 5.03. The number of hydrogen-bond acceptors (Lipinski definition) is 5. The molecule has 0 fully saturated rings. The van der Waals surface area contributed by atoms with Crippen molar-refractivity contribution >= 4 is 22.5 Å². The second-order valence-electron chi connectivity index (χ2n) is 6.90. The minimum atomic E-state index is -0.371. The number of aromatic nitrogens is 2. The number of carbonyl (C=O) groups excluding carboxylic acids is 1. The van der Waals surface area contributed by atoms with Gasteiger partial charge in [0, 0.05) is 30.3 Å². The van der Waals surface area contributed by atoms with E-state index in [0.29, 0.717) is 40.9 Å². The normalized spacial score (nSPS) is 12.6. The molecule has 7 heteroatoms. The summed E-state index contributed by atoms with van der Waals surface area (Å²) in [6.07, 6.45) is 3.84. The van der Waals surface area contributed by atoms with Gasteiger partial charge in [0.1, 0.15) is 17.3 Å². The first kappa shape index (κ1) is 18.7. The number of allylic oxidation sites excluding steroid dienone is 1. The Bertz CT molecular complexity index is 1170. The van der Waals surface area contributed by atoms with Gasteiger partial charge in [-0.2, -0.15) is 0 Å². The lowest BCUT2D eigenvalue weighted by atomic mass is 10.0. The van der Waals surface area contributed by atoms with E-state index < -0.39 is 0 Å². The first-order valence-electron chi connectivity index (χ1n) is 9.44. The van der Waals surface area contributed by atoms with Crippen molar-refractivity contribution in [1.82, 2.24) is 9.55 Å². The number of rotatable bonds is 6. The van der Waals surface area contributed by atoms with Crippen LogP contribution in [0.15, 0.2) is 53.8 Å². The lowest BCUT2D eigenvalue weighted by Crippen LogP contribution is -2.23. The van der Waals surface area contributed by atoms with Crippen molar-refractivity contribution in [1.29, 1.82) is 0 Å². The van der Waals surface area contributed by atoms with E-state index in [9.17, 15) is 14.7 Å². The molecule has 1 amide bonds. The monoisotopic (exact) mass is 391 g/mol. The van der Waals surface area contributed by atoms with E-state index in [1.165, 1.54) is 12.1 Å². The second-order valence-corrected chi connectivity index (χ2v) is 6.90. The number of nitrogens with zero attached hydrogens (tertiary/aromatic N) is 2. The van der Waals surface area contributed by atoms with Crippen molar-refractivity contribution in [3.05, 3.63) is 70.8 Å². The molecule has 2 aromatic carbocycles. The maximum Gasteiger partial charge on any atom is 0.262 e. The molecular weight excluding hydrogens is 370 g/mol. The fourth-order valence-electron chi connectivity index (χ4n) is 3.62. The quantitative estimate of drug-likeness (QED) is 0.630. The van der Waals surface area contributed by atoms with E-state index >= 15 is 0 Å². The van der Waals surface area contributed by atoms with Gasteiger partial charge in [-0.3, -0.25) is 14.2 Å². The largest absolute Gasteiger partial charge is 0.508 e. The molecule has 0 spiro atoms. The molecule has 4 rings (SSSR count). The molecule has 7 nitrogen and oxygen atoms in total. The third-order valence-electron chi connectivity index (χ3n) is 4.89. The molecule has 1 aromatic heterocycles. The molecule has 2 heterocycles. The molecule has 0 radical (unpaired) electrons. The zero-order valence-corrected chi connectivity index (χ0v) is 15.9. The zero-order chi connectivity index (χ0) is 20.4. The average Bonchev–Trinajstić information content (AvgIpc) is 3.16. The molecule has 1 aliphatic heterocycles. The minimum Gasteiger partial charge on any atom is -0.508 e. The maximum absolute atomic E-state index is 13.0. The van der Waals surface area contributed by atoms with Crippen LogP contribution in [0.3, 0.4) is 0 Å². The van der Waals surface area contributed by atoms with Gasteiger partial charge in [-0.05, 0) is 37.1 Å². The van der Waals surface area contributed by atoms with Crippen molar-refractivity contribution < 1.29 is 14.6 Å². The van der Waals surface area contributed by atoms with Crippen LogP contribution in [-0.2, 0) is 24.2 Å². The summed E-state index contributed by atoms with van der Waals surface area (Å²) in [5.74, 6) is 0.961. The predicted molar refractivity (Wildman–Crippen MR) is 110 cm³/mol. The highest BCUT2D eigenvalue weighted by atomic mass is 16.5. The minimum absolute atomic E-state index is 0.0621. The lowest BCUT2D eigenvalue weighted by Gasteiger charge is -2.14. The molecule has 148 valence electrons. The third kappa shape index (κ3) is 3.71. The van der Waals surface area contributed by atoms with Crippen molar-refractivity contribution in [2.45, 2.75) is 25.8 Å². The SMILES string of the molecule is C=CCc1c(OCC(=O)Nc2cccc(O)c2)ccc2nc3n(c(=O)c12)CCC3. The molecule has 0 unspecified atom stereocenters. The Morgan fingerprint density at radius 1 is 1.34 bits per heavy atom. The number of aromatic hydroxyl groups is 1. The topological polar surface area (TPSA) is 93.4 Å². The first-order chi connectivity index (χ1) is 14.1. The van der Waals surface area contributed by atoms with Gasteiger partial charge >= 0.3 is 0 Å². The summed E-state index contributed by atoms with van der Waals surface area (Å²) in [6, 6.07) is 9.77. The van der Waals surface area contributed by atoms with E-state index in [4.69, 9.17) is 4.74 Å². The van der Waals surface area contributed by atoms with Gasteiger partial charge in [0.05, 0.1) is 10.9 Å². The number of phenolic OH excluding ortho intramolecular Hbond substituents is 1. The Morgan fingerprint density at radius 3 is 3.00 bits per heavy atom. The Labute approximate surface area is 167 Å². The highest BCUT2D eigenvalue weighted by molar-refractivity contribution is 5.92. The summed E-state index contributed by atoms with van der Waals surface area (Å²) in [6.45, 7) is 4.22. The lowest BCUT2D eigenvalue weighted by molar-refractivity contribution is -0.118. The van der Waals surface area contributed by atoms with Gasteiger partial charge < -0.3 is 15.2 Å². The van der Waals surface area contributed by atoms with Crippen molar-refractivity contribution in [3.63, 3.8) is 0 Å². The van der Waals surface area contributed by atoms with Gasteiger partial charge in [-0.1, -0.05) is 12.1 Å². The smallest absolute Gasteiger partial charge is 0.262 e. The van der Waals surface area contributed by atoms with E-state index in [1.54, 1.807) is 34.9 Å². The van der Waals surface area contributed by atoms with Gasteiger partial charge in [-0.15, -0.1) is 6.58 Å². The molecule has 0 saturated carbocycles. The number of benzene rings is 2. The summed E-state index contributed by atoms with van der Waals surface area (Å²) >= 11 is 0. The summed E-state index contributed by atoms with van der Waals surface area (Å²) < 4.78 is 7.45. The van der Waals surface area contributed by atoms with Crippen LogP contribution in [-0.4, -0.2) is 27.2 Å². The fraction of sp³-hybridized carbons (Fsp3) is 0.227. The maximum atomic E-state index is 13.0. The molecular formula is C22H21N3O4. The standard InChI is InChI=1S/C22H21N3O4/c1-2-5-16-18(29-13-20(27)23-14-6-3-7-15(26)12-14)10-9-17-21(16)22(28)25-11-4-8-19(25)24-17/h2-3,6-7,9-10,12,26H,1,4-5,8,11,13H2,(H,23,27). The van der Waals surface area contributed by atoms with Crippen LogP contribution in [0.1, 0.15) is 17.8 Å². The number of nitrogens with one attached hydrogen (secondary N) is 1. The van der Waals surface area contributed by atoms with Crippen LogP contribution in [0.25, 0.3) is 10.9 Å². The van der Waals surface area contributed by atoms with Gasteiger partial charge in [0.15, 0.2) is 6.61 Å². The highest BCUT2D eigenvalue weighted by Crippen LogP contribution is 2.27. The molecule has 0 aliphatic carbocycles. The number of amides is 1. The summed E-state index contributed by atoms with van der Waals surface area (Å²) in [4.78, 5) is 29.9. The van der Waals surface area contributed by atoms with Crippen molar-refractivity contribution in [2.75, 3.05) is 11.9 Å². The molecule has 29 heavy (non-hydrogen) atoms. The second kappa shape index (κ2) is 7.79. The van der Waals surface area contributed by atoms with Crippen LogP contribution in [0.2, 0.25) is 0 Å². The van der Waals surface area contributed by atoms with E-state index in [0.717, 1.165) is 18.7 Å². The number of anilines is 1. The van der Waals surface area contributed by atoms with Gasteiger partial charge in [0.25, 0.3) is 11.5 Å². The van der Waals surface area contributed by atoms with Crippen LogP contribution in [0.4, 0.5) is 5.69 Å². The van der Waals surface area contributed by atoms with E-state index in [1.807, 2.05) is 0 Å². The van der Waals surface area contributed by atoms with Crippen LogP contribution in [0.5, 0.6) is 11.5 Å². The molecule has 2 N–H and O–H groups in total. The van der Waals surface area contributed by atoms with Crippen LogP contribution >= 0.6 is 0 Å². The van der Waals surface area contributed by atoms with E-state index in [2.05, 4.69) is 16.9 Å². The Hall–Kier alpha value is -3.61. The van der Waals surface area contributed by atoms with Gasteiger partial charge in [-0.25, -0.2) is 4.98 Å². The van der Waals surface area contributed by atoms with Crippen LogP contribution in [0, 0.1) is 0 Å². The summed E-state index contributed by atoms with van der Waals surface area (Å²) in [5, 5.41) is 12.7. The number of ether oxygens (including phenoxy) is 1. The number of carbonyl (C=O) groups is 1. The zero-order valence-electron chi connectivity index (χ0n) is 15.9. The predicted octanol–water partition coefficient (Wildman–Crippen LogP) is 2.79. The highest BCUT2D eigenvalue weighted by Gasteiger charge is 2.20. The first-order valence-corrected chi connectivity index (χ1v) is 9.44. The number of aryl methyl sites for hydroxylation is 1. The van der Waals surface area contributed by atoms with Crippen molar-refractivity contribution in [2.24, 2.45) is 0 Å². The fourth-order valence-corrected chi connectivity index (χ4v) is 3.62. The van der Waals surface area contributed by atoms with E-state index in [-0.39, 0.29) is 23.8 Å². The molecule has 0 atom stereocenters. The summed E-state index contributed by atoms with van der Waals surface area (Å²) in [5.41, 5.74) is 1.72. The number of hydrogen-bond donors (Lipinski definition) is 2. The molecule has 0 saturated heterocycles. The Balaban J connectivity index is 1.61. The number of fused-ring (bicyclic) bond motifs is 2. The third-order valence-corrected chi connectivity index (χ3v) is 4.89. The van der Waals surface area contributed by atoms with Crippen molar-refractivity contribution in [3.8, 4) is 11.5 Å². The van der Waals surface area contributed by atoms with Crippen LogP contribution < -0.4 is 15.6 Å². The Morgan fingerprint density at radius 2 is 2.21 bits per heavy atom. The van der Waals surface area contributed by atoms with Gasteiger partial charge in [0.2, 0.25) is 0 Å². The number of phenols is 1. The average molecular weight is 391 g/mol. The molecule has 0 bridgehead atoms. The molecule has 1 aliphatic rings. The summed E-state index contributed by atoms with van der Waals surface area (Å²) in [7, 11) is 0. The molecule has 3 aromatic rings.